The summed E-state index contributed by atoms with van der Waals surface area (Å²) in [6.07, 6.45) is 1.61. The average Bonchev–Trinajstić information content (AvgIpc) is 2.26. The summed E-state index contributed by atoms with van der Waals surface area (Å²) >= 11 is 3.28. The Bertz CT molecular complexity index is 380. The highest BCUT2D eigenvalue weighted by molar-refractivity contribution is 9.10. The standard InChI is InChI=1S/C11H15BrN2O2/c1-7(2)6-16-11-9(10(15)13-3)4-8(12)5-14-11/h4-5,7H,6H2,1-3H3,(H,13,15). The Morgan fingerprint density at radius 1 is 1.62 bits per heavy atom. The molecule has 0 atom stereocenters. The van der Waals surface area contributed by atoms with Gasteiger partial charge in [0.1, 0.15) is 5.56 Å². The lowest BCUT2D eigenvalue weighted by Gasteiger charge is -2.11. The molecule has 0 aliphatic rings. The molecule has 0 aliphatic carbocycles. The zero-order chi connectivity index (χ0) is 12.1. The second-order valence-corrected chi connectivity index (χ2v) is 4.71. The third-order valence-electron chi connectivity index (χ3n) is 1.84. The number of rotatable bonds is 4. The Balaban J connectivity index is 2.93. The van der Waals surface area contributed by atoms with E-state index in [0.29, 0.717) is 24.0 Å². The van der Waals surface area contributed by atoms with Crippen molar-refractivity contribution in [3.05, 3.63) is 22.3 Å². The molecule has 1 amide bonds. The lowest BCUT2D eigenvalue weighted by Crippen LogP contribution is -2.20. The van der Waals surface area contributed by atoms with Gasteiger partial charge in [-0.3, -0.25) is 4.79 Å². The van der Waals surface area contributed by atoms with Gasteiger partial charge >= 0.3 is 0 Å². The van der Waals surface area contributed by atoms with E-state index in [9.17, 15) is 4.79 Å². The molecular weight excluding hydrogens is 272 g/mol. The van der Waals surface area contributed by atoms with E-state index in [1.165, 1.54) is 0 Å². The number of carbonyl (C=O) groups is 1. The summed E-state index contributed by atoms with van der Waals surface area (Å²) in [6, 6.07) is 1.70. The van der Waals surface area contributed by atoms with Crippen LogP contribution in [-0.2, 0) is 0 Å². The second-order valence-electron chi connectivity index (χ2n) is 3.79. The molecule has 16 heavy (non-hydrogen) atoms. The van der Waals surface area contributed by atoms with Crippen molar-refractivity contribution in [2.24, 2.45) is 5.92 Å². The van der Waals surface area contributed by atoms with Crippen molar-refractivity contribution in [3.63, 3.8) is 0 Å². The highest BCUT2D eigenvalue weighted by Gasteiger charge is 2.13. The molecule has 0 saturated heterocycles. The molecule has 1 aromatic heterocycles. The first kappa shape index (κ1) is 13.0. The predicted molar refractivity (Wildman–Crippen MR) is 65.7 cm³/mol. The number of hydrogen-bond acceptors (Lipinski definition) is 3. The molecule has 0 aliphatic heterocycles. The number of aromatic nitrogens is 1. The van der Waals surface area contributed by atoms with E-state index in [1.807, 2.05) is 13.8 Å². The van der Waals surface area contributed by atoms with E-state index in [4.69, 9.17) is 4.74 Å². The van der Waals surface area contributed by atoms with Gasteiger partial charge in [-0.1, -0.05) is 13.8 Å². The molecule has 0 bridgehead atoms. The number of halogens is 1. The van der Waals surface area contributed by atoms with E-state index in [-0.39, 0.29) is 5.91 Å². The molecule has 5 heteroatoms. The van der Waals surface area contributed by atoms with Crippen LogP contribution >= 0.6 is 15.9 Å². The zero-order valence-electron chi connectivity index (χ0n) is 9.58. The van der Waals surface area contributed by atoms with Gasteiger partial charge in [0.15, 0.2) is 0 Å². The Labute approximate surface area is 104 Å². The minimum absolute atomic E-state index is 0.201. The molecule has 1 rings (SSSR count). The number of ether oxygens (including phenoxy) is 1. The maximum absolute atomic E-state index is 11.6. The predicted octanol–water partition coefficient (Wildman–Crippen LogP) is 2.24. The zero-order valence-corrected chi connectivity index (χ0v) is 11.2. The fraction of sp³-hybridized carbons (Fsp3) is 0.455. The molecule has 0 unspecified atom stereocenters. The molecule has 1 heterocycles. The number of nitrogens with zero attached hydrogens (tertiary/aromatic N) is 1. The van der Waals surface area contributed by atoms with Crippen molar-refractivity contribution < 1.29 is 9.53 Å². The minimum Gasteiger partial charge on any atom is -0.477 e. The normalized spacial score (nSPS) is 10.3. The van der Waals surface area contributed by atoms with Crippen LogP contribution in [0.3, 0.4) is 0 Å². The molecular formula is C11H15BrN2O2. The van der Waals surface area contributed by atoms with Gasteiger partial charge in [-0.05, 0) is 27.9 Å². The fourth-order valence-electron chi connectivity index (χ4n) is 1.08. The summed E-state index contributed by atoms with van der Waals surface area (Å²) in [4.78, 5) is 15.7. The summed E-state index contributed by atoms with van der Waals surface area (Å²) in [5.74, 6) is 0.562. The Hall–Kier alpha value is -1.10. The van der Waals surface area contributed by atoms with Crippen molar-refractivity contribution in [3.8, 4) is 5.88 Å². The van der Waals surface area contributed by atoms with Gasteiger partial charge in [0.2, 0.25) is 5.88 Å². The van der Waals surface area contributed by atoms with E-state index in [2.05, 4.69) is 26.2 Å². The summed E-state index contributed by atoms with van der Waals surface area (Å²) in [7, 11) is 1.58. The van der Waals surface area contributed by atoms with Crippen LogP contribution < -0.4 is 10.1 Å². The number of carbonyl (C=O) groups excluding carboxylic acids is 1. The van der Waals surface area contributed by atoms with E-state index in [0.717, 1.165) is 4.47 Å². The monoisotopic (exact) mass is 286 g/mol. The van der Waals surface area contributed by atoms with Crippen molar-refractivity contribution in [1.29, 1.82) is 0 Å². The highest BCUT2D eigenvalue weighted by atomic mass is 79.9. The quantitative estimate of drug-likeness (QED) is 0.924. The molecule has 0 radical (unpaired) electrons. The molecule has 0 saturated carbocycles. The number of hydrogen-bond donors (Lipinski definition) is 1. The first-order chi connectivity index (χ1) is 7.54. The molecule has 88 valence electrons. The largest absolute Gasteiger partial charge is 0.477 e. The summed E-state index contributed by atoms with van der Waals surface area (Å²) in [5, 5.41) is 2.56. The van der Waals surface area contributed by atoms with Crippen molar-refractivity contribution in [1.82, 2.24) is 10.3 Å². The van der Waals surface area contributed by atoms with Crippen LogP contribution in [0, 0.1) is 5.92 Å². The van der Waals surface area contributed by atoms with Crippen LogP contribution in [0.15, 0.2) is 16.7 Å². The lowest BCUT2D eigenvalue weighted by molar-refractivity contribution is 0.0957. The van der Waals surface area contributed by atoms with Gasteiger partial charge < -0.3 is 10.1 Å². The summed E-state index contributed by atoms with van der Waals surface area (Å²) in [5.41, 5.74) is 0.442. The third kappa shape index (κ3) is 3.48. The van der Waals surface area contributed by atoms with Gasteiger partial charge in [-0.2, -0.15) is 0 Å². The fourth-order valence-corrected chi connectivity index (χ4v) is 1.42. The van der Waals surface area contributed by atoms with Crippen LogP contribution in [0.4, 0.5) is 0 Å². The maximum atomic E-state index is 11.6. The Morgan fingerprint density at radius 2 is 2.31 bits per heavy atom. The average molecular weight is 287 g/mol. The van der Waals surface area contributed by atoms with E-state index < -0.39 is 0 Å². The molecule has 1 N–H and O–H groups in total. The van der Waals surface area contributed by atoms with E-state index in [1.54, 1.807) is 19.3 Å². The molecule has 1 aromatic rings. The van der Waals surface area contributed by atoms with Crippen molar-refractivity contribution in [2.45, 2.75) is 13.8 Å². The molecule has 0 fully saturated rings. The Kier molecular flexibility index (Phi) is 4.73. The van der Waals surface area contributed by atoms with Gasteiger partial charge in [0, 0.05) is 17.7 Å². The van der Waals surface area contributed by atoms with Crippen LogP contribution in [0.5, 0.6) is 5.88 Å². The van der Waals surface area contributed by atoms with Crippen LogP contribution in [-0.4, -0.2) is 24.5 Å². The number of amides is 1. The SMILES string of the molecule is CNC(=O)c1cc(Br)cnc1OCC(C)C. The number of pyridine rings is 1. The maximum Gasteiger partial charge on any atom is 0.256 e. The molecule has 4 nitrogen and oxygen atoms in total. The van der Waals surface area contributed by atoms with Crippen LogP contribution in [0.1, 0.15) is 24.2 Å². The van der Waals surface area contributed by atoms with Crippen LogP contribution in [0.25, 0.3) is 0 Å². The number of nitrogens with one attached hydrogen (secondary N) is 1. The van der Waals surface area contributed by atoms with E-state index >= 15 is 0 Å². The highest BCUT2D eigenvalue weighted by Crippen LogP contribution is 2.20. The first-order valence-corrected chi connectivity index (χ1v) is 5.84. The second kappa shape index (κ2) is 5.84. The minimum atomic E-state index is -0.201. The summed E-state index contributed by atoms with van der Waals surface area (Å²) < 4.78 is 6.24. The molecule has 0 spiro atoms. The Morgan fingerprint density at radius 3 is 2.88 bits per heavy atom. The first-order valence-electron chi connectivity index (χ1n) is 5.05. The third-order valence-corrected chi connectivity index (χ3v) is 2.28. The van der Waals surface area contributed by atoms with Crippen molar-refractivity contribution in [2.75, 3.05) is 13.7 Å². The lowest BCUT2D eigenvalue weighted by atomic mass is 10.2. The summed E-state index contributed by atoms with van der Waals surface area (Å²) in [6.45, 7) is 4.62. The van der Waals surface area contributed by atoms with Gasteiger partial charge in [-0.25, -0.2) is 4.98 Å². The van der Waals surface area contributed by atoms with Gasteiger partial charge in [0.05, 0.1) is 6.61 Å². The van der Waals surface area contributed by atoms with Crippen LogP contribution in [0.2, 0.25) is 0 Å². The topological polar surface area (TPSA) is 51.2 Å². The van der Waals surface area contributed by atoms with Gasteiger partial charge in [0.25, 0.3) is 5.91 Å². The van der Waals surface area contributed by atoms with Crippen molar-refractivity contribution >= 4 is 21.8 Å². The van der Waals surface area contributed by atoms with Gasteiger partial charge in [-0.15, -0.1) is 0 Å². The molecule has 0 aromatic carbocycles. The smallest absolute Gasteiger partial charge is 0.256 e.